The minimum atomic E-state index is 0.672. The molecule has 0 atom stereocenters. The van der Waals surface area contributed by atoms with Gasteiger partial charge >= 0.3 is 0 Å². The fraction of sp³-hybridized carbons (Fsp3) is 0.812. The number of nitrogens with two attached hydrogens (primary N) is 1. The van der Waals surface area contributed by atoms with Gasteiger partial charge in [0.1, 0.15) is 5.82 Å². The van der Waals surface area contributed by atoms with E-state index in [-0.39, 0.29) is 0 Å². The lowest BCUT2D eigenvalue weighted by Crippen LogP contribution is -2.44. The Morgan fingerprint density at radius 2 is 1.79 bits per heavy atom. The smallest absolute Gasteiger partial charge is 0.126 e. The number of aromatic nitrogens is 2. The molecule has 1 aromatic rings. The summed E-state index contributed by atoms with van der Waals surface area (Å²) in [5.41, 5.74) is 7.61. The van der Waals surface area contributed by atoms with Gasteiger partial charge in [0.05, 0.1) is 12.0 Å². The number of hydrogen-bond acceptors (Lipinski definition) is 2. The topological polar surface area (TPSA) is 43.8 Å². The minimum absolute atomic E-state index is 0.672. The molecule has 4 aliphatic rings. The summed E-state index contributed by atoms with van der Waals surface area (Å²) in [6, 6.07) is 0. The molecule has 1 heterocycles. The summed E-state index contributed by atoms with van der Waals surface area (Å²) in [6.07, 6.45) is 10.4. The third-order valence-electron chi connectivity index (χ3n) is 5.92. The van der Waals surface area contributed by atoms with E-state index in [1.54, 1.807) is 0 Å². The molecule has 0 radical (unpaired) electrons. The first-order chi connectivity index (χ1) is 9.26. The summed E-state index contributed by atoms with van der Waals surface area (Å²) >= 11 is 0. The van der Waals surface area contributed by atoms with E-state index >= 15 is 0 Å². The number of rotatable bonds is 3. The predicted molar refractivity (Wildman–Crippen MR) is 76.7 cm³/mol. The molecular weight excluding hydrogens is 234 g/mol. The molecule has 0 unspecified atom stereocenters. The van der Waals surface area contributed by atoms with E-state index in [1.165, 1.54) is 37.8 Å². The zero-order valence-corrected chi connectivity index (χ0v) is 11.9. The van der Waals surface area contributed by atoms with Gasteiger partial charge in [-0.2, -0.15) is 0 Å². The molecule has 0 spiro atoms. The van der Waals surface area contributed by atoms with Crippen LogP contribution in [0.25, 0.3) is 0 Å². The van der Waals surface area contributed by atoms with Crippen LogP contribution in [0.2, 0.25) is 0 Å². The standard InChI is InChI=1S/C16H25N3/c1-2-3-19-9-18-15(16(19)17)14-12-5-10-4-11(7-12)8-13(14)6-10/h9-14H,2-8,17H2,1H3. The summed E-state index contributed by atoms with van der Waals surface area (Å²) < 4.78 is 2.15. The molecule has 4 bridgehead atoms. The molecule has 1 aromatic heterocycles. The van der Waals surface area contributed by atoms with Crippen LogP contribution in [0.5, 0.6) is 0 Å². The van der Waals surface area contributed by atoms with Crippen LogP contribution in [-0.2, 0) is 6.54 Å². The molecule has 19 heavy (non-hydrogen) atoms. The Morgan fingerprint density at radius 1 is 1.16 bits per heavy atom. The van der Waals surface area contributed by atoms with Crippen LogP contribution in [0, 0.1) is 23.7 Å². The fourth-order valence-electron chi connectivity index (χ4n) is 5.45. The summed E-state index contributed by atoms with van der Waals surface area (Å²) in [5.74, 6) is 5.44. The zero-order chi connectivity index (χ0) is 13.0. The average Bonchev–Trinajstić information content (AvgIpc) is 2.71. The Hall–Kier alpha value is -0.990. The molecule has 104 valence electrons. The summed E-state index contributed by atoms with van der Waals surface area (Å²) in [7, 11) is 0. The molecule has 0 saturated heterocycles. The highest BCUT2D eigenvalue weighted by molar-refractivity contribution is 5.40. The lowest BCUT2D eigenvalue weighted by molar-refractivity contribution is -0.00380. The normalized spacial score (nSPS) is 39.9. The maximum atomic E-state index is 6.37. The molecule has 0 aliphatic heterocycles. The monoisotopic (exact) mass is 259 g/mol. The second-order valence-electron chi connectivity index (χ2n) is 7.16. The Labute approximate surface area is 115 Å². The highest BCUT2D eigenvalue weighted by Gasteiger charge is 2.49. The van der Waals surface area contributed by atoms with Crippen LogP contribution >= 0.6 is 0 Å². The van der Waals surface area contributed by atoms with Crippen molar-refractivity contribution in [2.24, 2.45) is 23.7 Å². The van der Waals surface area contributed by atoms with Gasteiger partial charge in [-0.25, -0.2) is 4.98 Å². The van der Waals surface area contributed by atoms with Crippen molar-refractivity contribution in [1.82, 2.24) is 9.55 Å². The van der Waals surface area contributed by atoms with Gasteiger partial charge in [0.15, 0.2) is 0 Å². The van der Waals surface area contributed by atoms with Crippen molar-refractivity contribution in [2.45, 2.75) is 57.9 Å². The SMILES string of the molecule is CCCn1cnc(C2C3CC4CC(C3)CC2C4)c1N. The molecule has 0 amide bonds. The molecule has 2 N–H and O–H groups in total. The van der Waals surface area contributed by atoms with E-state index in [1.807, 2.05) is 6.33 Å². The Bertz CT molecular complexity index is 448. The van der Waals surface area contributed by atoms with Crippen molar-refractivity contribution in [2.75, 3.05) is 5.73 Å². The van der Waals surface area contributed by atoms with E-state index in [0.29, 0.717) is 5.92 Å². The maximum absolute atomic E-state index is 6.37. The van der Waals surface area contributed by atoms with Crippen LogP contribution in [0.3, 0.4) is 0 Å². The van der Waals surface area contributed by atoms with Crippen molar-refractivity contribution in [1.29, 1.82) is 0 Å². The van der Waals surface area contributed by atoms with E-state index in [9.17, 15) is 0 Å². The quantitative estimate of drug-likeness (QED) is 0.904. The van der Waals surface area contributed by atoms with Crippen molar-refractivity contribution >= 4 is 5.82 Å². The lowest BCUT2D eigenvalue weighted by Gasteiger charge is -2.54. The number of nitrogen functional groups attached to an aromatic ring is 1. The van der Waals surface area contributed by atoms with Gasteiger partial charge in [-0.15, -0.1) is 0 Å². The van der Waals surface area contributed by atoms with E-state index in [2.05, 4.69) is 11.5 Å². The van der Waals surface area contributed by atoms with Crippen molar-refractivity contribution < 1.29 is 0 Å². The predicted octanol–water partition coefficient (Wildman–Crippen LogP) is 3.42. The van der Waals surface area contributed by atoms with Crippen LogP contribution in [-0.4, -0.2) is 9.55 Å². The first kappa shape index (κ1) is 11.8. The third kappa shape index (κ3) is 1.73. The van der Waals surface area contributed by atoms with Crippen LogP contribution in [0.1, 0.15) is 57.1 Å². The fourth-order valence-corrected chi connectivity index (χ4v) is 5.45. The lowest BCUT2D eigenvalue weighted by atomic mass is 9.51. The molecule has 4 saturated carbocycles. The zero-order valence-electron chi connectivity index (χ0n) is 11.9. The summed E-state index contributed by atoms with van der Waals surface area (Å²) in [4.78, 5) is 4.72. The number of anilines is 1. The molecule has 4 fully saturated rings. The molecule has 5 rings (SSSR count). The number of hydrogen-bond donors (Lipinski definition) is 1. The molecule has 0 aromatic carbocycles. The van der Waals surface area contributed by atoms with Crippen molar-refractivity contribution in [3.05, 3.63) is 12.0 Å². The second-order valence-corrected chi connectivity index (χ2v) is 7.16. The first-order valence-corrected chi connectivity index (χ1v) is 8.06. The highest BCUT2D eigenvalue weighted by Crippen LogP contribution is 2.60. The molecule has 3 nitrogen and oxygen atoms in total. The van der Waals surface area contributed by atoms with Crippen LogP contribution in [0.4, 0.5) is 5.82 Å². The van der Waals surface area contributed by atoms with Gasteiger partial charge in [0.25, 0.3) is 0 Å². The Balaban J connectivity index is 1.65. The van der Waals surface area contributed by atoms with Gasteiger partial charge in [-0.05, 0) is 62.2 Å². The maximum Gasteiger partial charge on any atom is 0.126 e. The van der Waals surface area contributed by atoms with Gasteiger partial charge in [0, 0.05) is 12.5 Å². The van der Waals surface area contributed by atoms with Gasteiger partial charge in [0.2, 0.25) is 0 Å². The average molecular weight is 259 g/mol. The van der Waals surface area contributed by atoms with E-state index in [4.69, 9.17) is 10.7 Å². The largest absolute Gasteiger partial charge is 0.384 e. The van der Waals surface area contributed by atoms with Crippen molar-refractivity contribution in [3.8, 4) is 0 Å². The molecule has 3 heteroatoms. The van der Waals surface area contributed by atoms with Gasteiger partial charge in [-0.3, -0.25) is 0 Å². The highest BCUT2D eigenvalue weighted by atomic mass is 15.1. The van der Waals surface area contributed by atoms with Gasteiger partial charge < -0.3 is 10.3 Å². The number of nitrogens with zero attached hydrogens (tertiary/aromatic N) is 2. The Morgan fingerprint density at radius 3 is 2.37 bits per heavy atom. The minimum Gasteiger partial charge on any atom is -0.384 e. The first-order valence-electron chi connectivity index (χ1n) is 8.06. The molecular formula is C16H25N3. The van der Waals surface area contributed by atoms with Crippen molar-refractivity contribution in [3.63, 3.8) is 0 Å². The molecule has 4 aliphatic carbocycles. The second kappa shape index (κ2) is 4.26. The number of imidazole rings is 1. The summed E-state index contributed by atoms with van der Waals surface area (Å²) in [5, 5.41) is 0. The Kier molecular flexibility index (Phi) is 2.64. The van der Waals surface area contributed by atoms with Crippen LogP contribution < -0.4 is 5.73 Å². The van der Waals surface area contributed by atoms with Gasteiger partial charge in [-0.1, -0.05) is 6.92 Å². The van der Waals surface area contributed by atoms with E-state index in [0.717, 1.165) is 42.5 Å². The summed E-state index contributed by atoms with van der Waals surface area (Å²) in [6.45, 7) is 3.20. The number of aryl methyl sites for hydroxylation is 1. The van der Waals surface area contributed by atoms with Crippen LogP contribution in [0.15, 0.2) is 6.33 Å². The van der Waals surface area contributed by atoms with E-state index < -0.39 is 0 Å². The third-order valence-corrected chi connectivity index (χ3v) is 5.92.